The van der Waals surface area contributed by atoms with Gasteiger partial charge in [-0.05, 0) is 44.4 Å². The van der Waals surface area contributed by atoms with E-state index in [1.165, 1.54) is 28.7 Å². The molecular formula is C19H17FN4OS2. The smallest absolute Gasteiger partial charge is 0.260 e. The van der Waals surface area contributed by atoms with Crippen molar-refractivity contribution in [3.63, 3.8) is 0 Å². The lowest BCUT2D eigenvalue weighted by Crippen LogP contribution is -2.36. The molecule has 2 aromatic heterocycles. The van der Waals surface area contributed by atoms with Crippen LogP contribution in [0.5, 0.6) is 0 Å². The molecule has 1 amide bonds. The molecule has 8 heteroatoms. The zero-order chi connectivity index (χ0) is 19.0. The molecule has 0 bridgehead atoms. The Morgan fingerprint density at radius 1 is 1.15 bits per heavy atom. The number of nitrogens with zero attached hydrogens (tertiary/aromatic N) is 4. The van der Waals surface area contributed by atoms with E-state index in [1.807, 2.05) is 37.2 Å². The lowest BCUT2D eigenvalue weighted by Gasteiger charge is -2.22. The number of benzene rings is 2. The third-order valence-corrected chi connectivity index (χ3v) is 6.02. The maximum absolute atomic E-state index is 14.1. The van der Waals surface area contributed by atoms with Crippen LogP contribution in [0.2, 0.25) is 0 Å². The summed E-state index contributed by atoms with van der Waals surface area (Å²) in [6, 6.07) is 10.3. The van der Waals surface area contributed by atoms with E-state index in [1.54, 1.807) is 22.5 Å². The predicted octanol–water partition coefficient (Wildman–Crippen LogP) is 4.25. The molecule has 0 fully saturated rings. The maximum atomic E-state index is 14.1. The molecule has 4 rings (SSSR count). The van der Waals surface area contributed by atoms with Gasteiger partial charge in [-0.15, -0.1) is 11.3 Å². The average molecular weight is 401 g/mol. The molecule has 0 saturated heterocycles. The number of hydrogen-bond donors (Lipinski definition) is 0. The van der Waals surface area contributed by atoms with Crippen LogP contribution in [-0.4, -0.2) is 48.0 Å². The predicted molar refractivity (Wildman–Crippen MR) is 109 cm³/mol. The second kappa shape index (κ2) is 7.30. The highest BCUT2D eigenvalue weighted by Gasteiger charge is 2.22. The fourth-order valence-corrected chi connectivity index (χ4v) is 4.47. The zero-order valence-electron chi connectivity index (χ0n) is 14.8. The summed E-state index contributed by atoms with van der Waals surface area (Å²) in [4.78, 5) is 25.5. The number of para-hydroxylation sites is 1. The monoisotopic (exact) mass is 400 g/mol. The van der Waals surface area contributed by atoms with Crippen LogP contribution in [0.1, 0.15) is 10.4 Å². The molecule has 0 atom stereocenters. The minimum atomic E-state index is -0.374. The maximum Gasteiger partial charge on any atom is 0.260 e. The Labute approximate surface area is 163 Å². The Morgan fingerprint density at radius 3 is 2.78 bits per heavy atom. The van der Waals surface area contributed by atoms with E-state index in [2.05, 4.69) is 9.97 Å². The highest BCUT2D eigenvalue weighted by atomic mass is 32.1. The Bertz CT molecular complexity index is 1120. The van der Waals surface area contributed by atoms with Crippen molar-refractivity contribution in [2.75, 3.05) is 32.1 Å². The summed E-state index contributed by atoms with van der Waals surface area (Å²) >= 11 is 2.82. The van der Waals surface area contributed by atoms with Crippen molar-refractivity contribution >= 4 is 54.1 Å². The molecule has 138 valence electrons. The molecule has 0 N–H and O–H groups in total. The molecular weight excluding hydrogens is 383 g/mol. The highest BCUT2D eigenvalue weighted by Crippen LogP contribution is 2.31. The summed E-state index contributed by atoms with van der Waals surface area (Å²) in [5.41, 5.74) is 3.51. The van der Waals surface area contributed by atoms with Crippen molar-refractivity contribution in [3.8, 4) is 0 Å². The second-order valence-electron chi connectivity index (χ2n) is 6.38. The van der Waals surface area contributed by atoms with Crippen molar-refractivity contribution < 1.29 is 9.18 Å². The molecule has 0 aliphatic rings. The van der Waals surface area contributed by atoms with Crippen molar-refractivity contribution in [1.82, 2.24) is 14.9 Å². The van der Waals surface area contributed by atoms with Gasteiger partial charge in [0.2, 0.25) is 0 Å². The van der Waals surface area contributed by atoms with E-state index in [4.69, 9.17) is 0 Å². The highest BCUT2D eigenvalue weighted by molar-refractivity contribution is 7.22. The van der Waals surface area contributed by atoms with Crippen LogP contribution in [0.3, 0.4) is 0 Å². The van der Waals surface area contributed by atoms with Crippen LogP contribution in [0, 0.1) is 5.82 Å². The summed E-state index contributed by atoms with van der Waals surface area (Å²) in [7, 11) is 3.90. The Kier molecular flexibility index (Phi) is 4.86. The first-order chi connectivity index (χ1) is 13.0. The fourth-order valence-electron chi connectivity index (χ4n) is 2.75. The summed E-state index contributed by atoms with van der Waals surface area (Å²) in [6.07, 6.45) is 0. The summed E-state index contributed by atoms with van der Waals surface area (Å²) in [5.74, 6) is -0.521. The van der Waals surface area contributed by atoms with Gasteiger partial charge in [-0.25, -0.2) is 14.4 Å². The number of amides is 1. The van der Waals surface area contributed by atoms with Gasteiger partial charge in [-0.2, -0.15) is 0 Å². The van der Waals surface area contributed by atoms with Gasteiger partial charge in [0, 0.05) is 18.7 Å². The number of aromatic nitrogens is 2. The quantitative estimate of drug-likeness (QED) is 0.502. The van der Waals surface area contributed by atoms with Crippen LogP contribution in [0.25, 0.3) is 20.4 Å². The van der Waals surface area contributed by atoms with Crippen molar-refractivity contribution in [3.05, 3.63) is 53.3 Å². The molecule has 0 radical (unpaired) electrons. The first-order valence-corrected chi connectivity index (χ1v) is 10.1. The molecule has 0 unspecified atom stereocenters. The van der Waals surface area contributed by atoms with Crippen LogP contribution >= 0.6 is 22.7 Å². The van der Waals surface area contributed by atoms with Gasteiger partial charge in [0.1, 0.15) is 11.3 Å². The molecule has 5 nitrogen and oxygen atoms in total. The number of fused-ring (bicyclic) bond motifs is 2. The van der Waals surface area contributed by atoms with Crippen LogP contribution in [0.15, 0.2) is 41.9 Å². The van der Waals surface area contributed by atoms with E-state index in [9.17, 15) is 9.18 Å². The van der Waals surface area contributed by atoms with Crippen molar-refractivity contribution in [2.45, 2.75) is 0 Å². The van der Waals surface area contributed by atoms with E-state index in [0.29, 0.717) is 29.3 Å². The molecule has 0 aliphatic heterocycles. The van der Waals surface area contributed by atoms with Gasteiger partial charge >= 0.3 is 0 Å². The molecule has 0 aliphatic carbocycles. The molecule has 0 spiro atoms. The lowest BCUT2D eigenvalue weighted by atomic mass is 10.2. The Hall–Kier alpha value is -2.42. The van der Waals surface area contributed by atoms with Crippen molar-refractivity contribution in [1.29, 1.82) is 0 Å². The number of thiazole rings is 2. The number of anilines is 1. The van der Waals surface area contributed by atoms with Crippen molar-refractivity contribution in [2.24, 2.45) is 0 Å². The van der Waals surface area contributed by atoms with Crippen LogP contribution in [0.4, 0.5) is 9.52 Å². The summed E-state index contributed by atoms with van der Waals surface area (Å²) < 4.78 is 15.8. The minimum Gasteiger partial charge on any atom is -0.308 e. The van der Waals surface area contributed by atoms with Gasteiger partial charge in [-0.3, -0.25) is 9.69 Å². The van der Waals surface area contributed by atoms with Gasteiger partial charge in [0.05, 0.1) is 20.4 Å². The largest absolute Gasteiger partial charge is 0.308 e. The number of rotatable bonds is 5. The Balaban J connectivity index is 1.74. The fraction of sp³-hybridized carbons (Fsp3) is 0.211. The van der Waals surface area contributed by atoms with E-state index in [-0.39, 0.29) is 11.7 Å². The average Bonchev–Trinajstić information content (AvgIpc) is 3.28. The van der Waals surface area contributed by atoms with Gasteiger partial charge < -0.3 is 4.90 Å². The third kappa shape index (κ3) is 3.55. The summed E-state index contributed by atoms with van der Waals surface area (Å²) in [6.45, 7) is 1.14. The van der Waals surface area contributed by atoms with E-state index >= 15 is 0 Å². The number of likely N-dealkylation sites (N-methyl/N-ethyl adjacent to an activating group) is 1. The van der Waals surface area contributed by atoms with Gasteiger partial charge in [0.15, 0.2) is 5.13 Å². The zero-order valence-corrected chi connectivity index (χ0v) is 16.5. The molecule has 2 heterocycles. The third-order valence-electron chi connectivity index (χ3n) is 4.18. The minimum absolute atomic E-state index is 0.147. The number of carbonyl (C=O) groups is 1. The Morgan fingerprint density at radius 2 is 2.00 bits per heavy atom. The molecule has 2 aromatic carbocycles. The standard InChI is InChI=1S/C19H17FN4OS2/c1-23(2)8-9-24(19-22-17-13(20)4-3-5-15(17)27-19)18(25)12-6-7-14-16(10-12)26-11-21-14/h3-7,10-11H,8-9H2,1-2H3. The van der Waals surface area contributed by atoms with Gasteiger partial charge in [-0.1, -0.05) is 17.4 Å². The first kappa shape index (κ1) is 18.0. The molecule has 4 aromatic rings. The summed E-state index contributed by atoms with van der Waals surface area (Å²) in [5, 5.41) is 0.506. The number of hydrogen-bond acceptors (Lipinski definition) is 6. The topological polar surface area (TPSA) is 49.3 Å². The lowest BCUT2D eigenvalue weighted by molar-refractivity contribution is 0.0985. The molecule has 0 saturated carbocycles. The number of carbonyl (C=O) groups excluding carboxylic acids is 1. The van der Waals surface area contributed by atoms with Crippen LogP contribution in [-0.2, 0) is 0 Å². The van der Waals surface area contributed by atoms with Gasteiger partial charge in [0.25, 0.3) is 5.91 Å². The SMILES string of the molecule is CN(C)CCN(C(=O)c1ccc2ncsc2c1)c1nc2c(F)cccc2s1. The number of halogens is 1. The normalized spacial score (nSPS) is 11.6. The van der Waals surface area contributed by atoms with E-state index in [0.717, 1.165) is 14.9 Å². The van der Waals surface area contributed by atoms with Crippen LogP contribution < -0.4 is 4.90 Å². The molecule has 27 heavy (non-hydrogen) atoms. The second-order valence-corrected chi connectivity index (χ2v) is 8.27. The van der Waals surface area contributed by atoms with E-state index < -0.39 is 0 Å². The first-order valence-electron chi connectivity index (χ1n) is 8.38.